The van der Waals surface area contributed by atoms with Crippen LogP contribution in [0.1, 0.15) is 35.6 Å². The summed E-state index contributed by atoms with van der Waals surface area (Å²) in [7, 11) is 0. The van der Waals surface area contributed by atoms with Crippen molar-refractivity contribution in [3.8, 4) is 0 Å². The number of halogens is 1. The van der Waals surface area contributed by atoms with Crippen LogP contribution >= 0.6 is 23.1 Å². The molecule has 8 nitrogen and oxygen atoms in total. The third-order valence-corrected chi connectivity index (χ3v) is 9.78. The molecule has 6 rings (SSSR count). The van der Waals surface area contributed by atoms with Gasteiger partial charge in [0.2, 0.25) is 17.7 Å². The van der Waals surface area contributed by atoms with E-state index in [2.05, 4.69) is 4.98 Å². The van der Waals surface area contributed by atoms with Gasteiger partial charge in [0.1, 0.15) is 17.6 Å². The summed E-state index contributed by atoms with van der Waals surface area (Å²) in [6.07, 6.45) is 6.24. The first-order chi connectivity index (χ1) is 17.9. The molecule has 3 atom stereocenters. The Morgan fingerprint density at radius 2 is 1.78 bits per heavy atom. The molecule has 2 fully saturated rings. The first-order valence-corrected chi connectivity index (χ1v) is 13.8. The summed E-state index contributed by atoms with van der Waals surface area (Å²) in [4.78, 5) is 61.1. The fourth-order valence-electron chi connectivity index (χ4n) is 5.40. The van der Waals surface area contributed by atoms with E-state index < -0.39 is 34.7 Å². The van der Waals surface area contributed by atoms with Crippen LogP contribution < -0.4 is 9.77 Å². The summed E-state index contributed by atoms with van der Waals surface area (Å²) in [5.74, 6) is -2.73. The van der Waals surface area contributed by atoms with Crippen molar-refractivity contribution in [2.75, 3.05) is 18.0 Å². The van der Waals surface area contributed by atoms with Crippen LogP contribution in [0.4, 0.5) is 10.1 Å². The van der Waals surface area contributed by atoms with Crippen molar-refractivity contribution in [1.82, 2.24) is 14.5 Å². The Labute approximate surface area is 220 Å². The average molecular weight is 539 g/mol. The highest BCUT2D eigenvalue weighted by molar-refractivity contribution is 8.00. The number of aromatic nitrogens is 2. The maximum atomic E-state index is 13.7. The number of nitrogens with zero attached hydrogens (tertiary/aromatic N) is 4. The summed E-state index contributed by atoms with van der Waals surface area (Å²) >= 11 is 2.19. The zero-order valence-corrected chi connectivity index (χ0v) is 21.3. The summed E-state index contributed by atoms with van der Waals surface area (Å²) in [6.45, 7) is 1.25. The molecule has 2 unspecified atom stereocenters. The fraction of sp³-hybridized carbons (Fsp3) is 0.346. The highest BCUT2D eigenvalue weighted by atomic mass is 32.2. The van der Waals surface area contributed by atoms with E-state index in [-0.39, 0.29) is 17.3 Å². The molecule has 37 heavy (non-hydrogen) atoms. The Morgan fingerprint density at radius 1 is 1.03 bits per heavy atom. The Kier molecular flexibility index (Phi) is 6.20. The number of fused-ring (bicyclic) bond motifs is 2. The van der Waals surface area contributed by atoms with Crippen molar-refractivity contribution in [3.63, 3.8) is 0 Å². The standard InChI is InChI=1S/C26H23FN4O4S2/c27-16-6-8-17(9-7-16)31-23(33)20-19(15-5-4-10-28-13-15)22-25(36-21(20)24(31)34)30(26(35)37-22)14-18(32)29-11-2-1-3-12-29/h4-10,13,19-21H,1-3,11-12,14H2/t19-,20?,21?/m1/s1. The number of imide groups is 1. The molecule has 2 aromatic heterocycles. The van der Waals surface area contributed by atoms with Crippen molar-refractivity contribution in [3.05, 3.63) is 74.7 Å². The zero-order chi connectivity index (χ0) is 25.7. The van der Waals surface area contributed by atoms with Gasteiger partial charge in [0, 0.05) is 36.3 Å². The molecular formula is C26H23FN4O4S2. The molecule has 0 spiro atoms. The summed E-state index contributed by atoms with van der Waals surface area (Å²) in [5.41, 5.74) is 1.02. The highest BCUT2D eigenvalue weighted by Gasteiger charge is 2.56. The molecule has 190 valence electrons. The number of amides is 3. The van der Waals surface area contributed by atoms with Gasteiger partial charge in [-0.15, -0.1) is 0 Å². The molecule has 3 aliphatic rings. The third-order valence-electron chi connectivity index (χ3n) is 7.18. The number of hydrogen-bond acceptors (Lipinski definition) is 7. The van der Waals surface area contributed by atoms with E-state index >= 15 is 0 Å². The fourth-order valence-corrected chi connectivity index (χ4v) is 8.17. The van der Waals surface area contributed by atoms with Crippen LogP contribution in [0.15, 0.2) is 58.6 Å². The monoisotopic (exact) mass is 538 g/mol. The number of rotatable bonds is 4. The largest absolute Gasteiger partial charge is 0.341 e. The van der Waals surface area contributed by atoms with Crippen LogP contribution in [0.3, 0.4) is 0 Å². The van der Waals surface area contributed by atoms with Gasteiger partial charge >= 0.3 is 4.87 Å². The summed E-state index contributed by atoms with van der Waals surface area (Å²) in [5, 5.41) is -0.238. The quantitative estimate of drug-likeness (QED) is 0.474. The van der Waals surface area contributed by atoms with E-state index in [9.17, 15) is 23.6 Å². The Hall–Kier alpha value is -3.31. The normalized spacial score (nSPS) is 23.2. The lowest BCUT2D eigenvalue weighted by atomic mass is 9.84. The van der Waals surface area contributed by atoms with Crippen LogP contribution in [0.2, 0.25) is 0 Å². The van der Waals surface area contributed by atoms with Crippen LogP contribution in [0, 0.1) is 11.7 Å². The molecule has 0 bridgehead atoms. The molecule has 2 saturated heterocycles. The molecule has 0 saturated carbocycles. The van der Waals surface area contributed by atoms with Crippen LogP contribution in [0.25, 0.3) is 0 Å². The lowest BCUT2D eigenvalue weighted by Gasteiger charge is -2.31. The number of benzene rings is 1. The van der Waals surface area contributed by atoms with E-state index in [4.69, 9.17) is 0 Å². The maximum absolute atomic E-state index is 13.7. The second-order valence-electron chi connectivity index (χ2n) is 9.38. The molecule has 3 amide bonds. The van der Waals surface area contributed by atoms with Gasteiger partial charge < -0.3 is 4.90 Å². The van der Waals surface area contributed by atoms with E-state index in [1.165, 1.54) is 40.6 Å². The van der Waals surface area contributed by atoms with E-state index in [0.29, 0.717) is 28.7 Å². The SMILES string of the molecule is O=C(Cn1c2c(sc1=O)[C@H](c1cccnc1)C1C(=O)N(c3ccc(F)cc3)C(=O)C1S2)N1CCCCC1. The Balaban J connectivity index is 1.42. The maximum Gasteiger partial charge on any atom is 0.308 e. The van der Waals surface area contributed by atoms with Gasteiger partial charge in [-0.05, 0) is 55.2 Å². The highest BCUT2D eigenvalue weighted by Crippen LogP contribution is 2.53. The minimum atomic E-state index is -0.791. The number of carbonyl (C=O) groups is 3. The molecule has 0 radical (unpaired) electrons. The molecule has 5 heterocycles. The Bertz CT molecular complexity index is 1430. The van der Waals surface area contributed by atoms with Gasteiger partial charge in [0.25, 0.3) is 0 Å². The van der Waals surface area contributed by atoms with Crippen molar-refractivity contribution in [2.24, 2.45) is 5.92 Å². The second kappa shape index (κ2) is 9.53. The number of piperidine rings is 1. The van der Waals surface area contributed by atoms with Crippen LogP contribution in [-0.4, -0.2) is 50.5 Å². The zero-order valence-electron chi connectivity index (χ0n) is 19.7. The van der Waals surface area contributed by atoms with Gasteiger partial charge in [-0.2, -0.15) is 0 Å². The number of likely N-dealkylation sites (tertiary alicyclic amines) is 1. The van der Waals surface area contributed by atoms with Gasteiger partial charge in [-0.25, -0.2) is 9.29 Å². The first kappa shape index (κ1) is 24.1. The number of thiazole rings is 1. The molecule has 0 N–H and O–H groups in total. The van der Waals surface area contributed by atoms with Gasteiger partial charge in [0.05, 0.1) is 16.6 Å². The minimum absolute atomic E-state index is 0.0986. The number of anilines is 1. The molecule has 3 aromatic rings. The van der Waals surface area contributed by atoms with E-state index in [1.54, 1.807) is 23.4 Å². The topological polar surface area (TPSA) is 92.6 Å². The molecule has 1 aromatic carbocycles. The average Bonchev–Trinajstić information content (AvgIpc) is 3.36. The van der Waals surface area contributed by atoms with Crippen molar-refractivity contribution in [1.29, 1.82) is 0 Å². The smallest absolute Gasteiger partial charge is 0.308 e. The molecule has 0 aliphatic carbocycles. The number of carbonyl (C=O) groups excluding carboxylic acids is 3. The van der Waals surface area contributed by atoms with Gasteiger partial charge in [0.15, 0.2) is 0 Å². The van der Waals surface area contributed by atoms with Gasteiger partial charge in [-0.1, -0.05) is 29.2 Å². The van der Waals surface area contributed by atoms with E-state index in [0.717, 1.165) is 41.1 Å². The minimum Gasteiger partial charge on any atom is -0.341 e. The lowest BCUT2D eigenvalue weighted by Crippen LogP contribution is -2.39. The predicted molar refractivity (Wildman–Crippen MR) is 137 cm³/mol. The number of thioether (sulfide) groups is 1. The first-order valence-electron chi connectivity index (χ1n) is 12.2. The lowest BCUT2D eigenvalue weighted by molar-refractivity contribution is -0.133. The molecular weight excluding hydrogens is 515 g/mol. The third kappa shape index (κ3) is 4.10. The van der Waals surface area contributed by atoms with Crippen molar-refractivity contribution >= 4 is 46.5 Å². The van der Waals surface area contributed by atoms with Crippen molar-refractivity contribution in [2.45, 2.75) is 42.0 Å². The Morgan fingerprint density at radius 3 is 2.49 bits per heavy atom. The summed E-state index contributed by atoms with van der Waals surface area (Å²) < 4.78 is 15.0. The number of hydrogen-bond donors (Lipinski definition) is 0. The molecule has 11 heteroatoms. The van der Waals surface area contributed by atoms with Gasteiger partial charge in [-0.3, -0.25) is 28.7 Å². The van der Waals surface area contributed by atoms with Crippen LogP contribution in [0.5, 0.6) is 0 Å². The van der Waals surface area contributed by atoms with Crippen LogP contribution in [-0.2, 0) is 20.9 Å². The van der Waals surface area contributed by atoms with E-state index in [1.807, 2.05) is 6.07 Å². The predicted octanol–water partition coefficient (Wildman–Crippen LogP) is 3.25. The summed E-state index contributed by atoms with van der Waals surface area (Å²) in [6, 6.07) is 8.84. The number of pyridine rings is 1. The second-order valence-corrected chi connectivity index (χ2v) is 11.5. The molecule has 3 aliphatic heterocycles. The van der Waals surface area contributed by atoms with Crippen molar-refractivity contribution < 1.29 is 18.8 Å².